The molecule has 0 radical (unpaired) electrons. The Balaban J connectivity index is 1.70. The molecular weight excluding hydrogens is 403 g/mol. The molecule has 0 saturated heterocycles. The third-order valence-electron chi connectivity index (χ3n) is 4.81. The first kappa shape index (κ1) is 22.2. The lowest BCUT2D eigenvalue weighted by molar-refractivity contribution is -0.137. The molecular formula is C24H24F3N3O. The molecule has 0 aliphatic rings. The average Bonchev–Trinajstić information content (AvgIpc) is 3.14. The quantitative estimate of drug-likeness (QED) is 0.456. The number of amides is 2. The largest absolute Gasteiger partial charge is 0.416 e. The highest BCUT2D eigenvalue weighted by molar-refractivity contribution is 5.89. The smallest absolute Gasteiger partial charge is 0.345 e. The molecule has 1 N–H and O–H groups in total. The van der Waals surface area contributed by atoms with Crippen molar-refractivity contribution in [1.29, 1.82) is 0 Å². The van der Waals surface area contributed by atoms with Crippen LogP contribution in [0.15, 0.2) is 79.5 Å². The zero-order valence-corrected chi connectivity index (χ0v) is 17.2. The Hall–Kier alpha value is -3.48. The predicted molar refractivity (Wildman–Crippen MR) is 116 cm³/mol. The zero-order chi connectivity index (χ0) is 22.4. The number of carbonyl (C=O) groups is 1. The van der Waals surface area contributed by atoms with Gasteiger partial charge in [-0.25, -0.2) is 4.79 Å². The van der Waals surface area contributed by atoms with E-state index in [2.05, 4.69) is 28.6 Å². The summed E-state index contributed by atoms with van der Waals surface area (Å²) in [5.74, 6) is 0. The summed E-state index contributed by atoms with van der Waals surface area (Å²) in [4.78, 5) is 14.3. The van der Waals surface area contributed by atoms with E-state index in [4.69, 9.17) is 0 Å². The van der Waals surface area contributed by atoms with Crippen LogP contribution in [-0.2, 0) is 19.3 Å². The highest BCUT2D eigenvalue weighted by Crippen LogP contribution is 2.29. The van der Waals surface area contributed by atoms with Gasteiger partial charge in [-0.3, -0.25) is 0 Å². The van der Waals surface area contributed by atoms with Gasteiger partial charge in [-0.15, -0.1) is 6.58 Å². The number of aryl methyl sites for hydroxylation is 1. The summed E-state index contributed by atoms with van der Waals surface area (Å²) in [7, 11) is 0. The van der Waals surface area contributed by atoms with Crippen molar-refractivity contribution in [2.45, 2.75) is 26.2 Å². The summed E-state index contributed by atoms with van der Waals surface area (Å²) < 4.78 is 40.3. The van der Waals surface area contributed by atoms with E-state index in [0.29, 0.717) is 25.3 Å². The Labute approximate surface area is 179 Å². The Morgan fingerprint density at radius 3 is 2.52 bits per heavy atom. The summed E-state index contributed by atoms with van der Waals surface area (Å²) in [5, 5.41) is 2.66. The molecule has 0 fully saturated rings. The number of benzene rings is 2. The molecule has 0 bridgehead atoms. The van der Waals surface area contributed by atoms with E-state index in [1.807, 2.05) is 37.4 Å². The monoisotopic (exact) mass is 427 g/mol. The highest BCUT2D eigenvalue weighted by Gasteiger charge is 2.30. The van der Waals surface area contributed by atoms with E-state index in [9.17, 15) is 18.0 Å². The van der Waals surface area contributed by atoms with Crippen LogP contribution >= 0.6 is 0 Å². The van der Waals surface area contributed by atoms with Crippen molar-refractivity contribution in [2.75, 3.05) is 11.9 Å². The average molecular weight is 427 g/mol. The second kappa shape index (κ2) is 9.55. The molecule has 0 saturated carbocycles. The number of aromatic nitrogens is 1. The van der Waals surface area contributed by atoms with Gasteiger partial charge >= 0.3 is 12.2 Å². The van der Waals surface area contributed by atoms with Crippen LogP contribution in [0, 0.1) is 6.92 Å². The van der Waals surface area contributed by atoms with E-state index in [0.717, 1.165) is 23.4 Å². The summed E-state index contributed by atoms with van der Waals surface area (Å²) in [6, 6.07) is 16.0. The standard InChI is InChI=1S/C24H24F3N3O/c1-3-13-30(23(31)28-21-11-9-20(10-12-21)24(25,26)27)17-22-8-5-14-29(22)16-19-7-4-6-18(2)15-19/h3-12,14-15H,1,13,16-17H2,2H3,(H,28,31). The van der Waals surface area contributed by atoms with Crippen LogP contribution in [-0.4, -0.2) is 22.0 Å². The van der Waals surface area contributed by atoms with Crippen LogP contribution in [0.2, 0.25) is 0 Å². The van der Waals surface area contributed by atoms with Gasteiger partial charge in [0.1, 0.15) is 0 Å². The Bertz CT molecular complexity index is 1040. The fourth-order valence-corrected chi connectivity index (χ4v) is 3.27. The van der Waals surface area contributed by atoms with Crippen molar-refractivity contribution in [3.8, 4) is 0 Å². The molecule has 1 aromatic heterocycles. The zero-order valence-electron chi connectivity index (χ0n) is 17.2. The lowest BCUT2D eigenvalue weighted by Gasteiger charge is -2.23. The number of urea groups is 1. The molecule has 31 heavy (non-hydrogen) atoms. The molecule has 0 spiro atoms. The summed E-state index contributed by atoms with van der Waals surface area (Å²) in [6.45, 7) is 7.04. The molecule has 4 nitrogen and oxygen atoms in total. The maximum absolute atomic E-state index is 12.8. The van der Waals surface area contributed by atoms with Gasteiger partial charge in [-0.2, -0.15) is 13.2 Å². The number of nitrogens with zero attached hydrogens (tertiary/aromatic N) is 2. The first-order valence-electron chi connectivity index (χ1n) is 9.80. The van der Waals surface area contributed by atoms with Crippen molar-refractivity contribution in [2.24, 2.45) is 0 Å². The molecule has 0 aliphatic carbocycles. The maximum atomic E-state index is 12.8. The normalized spacial score (nSPS) is 11.2. The third kappa shape index (κ3) is 6.01. The van der Waals surface area contributed by atoms with Crippen LogP contribution in [0.25, 0.3) is 0 Å². The fraction of sp³-hybridized carbons (Fsp3) is 0.208. The van der Waals surface area contributed by atoms with Crippen molar-refractivity contribution in [3.05, 3.63) is 102 Å². The summed E-state index contributed by atoms with van der Waals surface area (Å²) in [6.07, 6.45) is -0.849. The summed E-state index contributed by atoms with van der Waals surface area (Å²) in [5.41, 5.74) is 2.80. The van der Waals surface area contributed by atoms with Crippen LogP contribution in [0.1, 0.15) is 22.4 Å². The van der Waals surface area contributed by atoms with E-state index < -0.39 is 17.8 Å². The number of hydrogen-bond acceptors (Lipinski definition) is 1. The first-order valence-corrected chi connectivity index (χ1v) is 9.80. The molecule has 0 unspecified atom stereocenters. The first-order chi connectivity index (χ1) is 14.8. The van der Waals surface area contributed by atoms with Gasteiger partial charge in [0, 0.05) is 30.7 Å². The van der Waals surface area contributed by atoms with Crippen molar-refractivity contribution in [3.63, 3.8) is 0 Å². The number of anilines is 1. The number of carbonyl (C=O) groups excluding carboxylic acids is 1. The topological polar surface area (TPSA) is 37.3 Å². The predicted octanol–water partition coefficient (Wildman–Crippen LogP) is 6.08. The van der Waals surface area contributed by atoms with E-state index in [1.165, 1.54) is 17.7 Å². The number of alkyl halides is 3. The molecule has 2 amide bonds. The SMILES string of the molecule is C=CCN(Cc1cccn1Cc1cccc(C)c1)C(=O)Nc1ccc(C(F)(F)F)cc1. The number of nitrogens with one attached hydrogen (secondary N) is 1. The maximum Gasteiger partial charge on any atom is 0.416 e. The molecule has 7 heteroatoms. The molecule has 0 aliphatic heterocycles. The van der Waals surface area contributed by atoms with Gasteiger partial charge in [0.15, 0.2) is 0 Å². The van der Waals surface area contributed by atoms with E-state index in [-0.39, 0.29) is 0 Å². The van der Waals surface area contributed by atoms with E-state index >= 15 is 0 Å². The Morgan fingerprint density at radius 1 is 1.13 bits per heavy atom. The van der Waals surface area contributed by atoms with Gasteiger partial charge in [0.05, 0.1) is 12.1 Å². The molecule has 3 aromatic rings. The number of hydrogen-bond donors (Lipinski definition) is 1. The highest BCUT2D eigenvalue weighted by atomic mass is 19.4. The van der Waals surface area contributed by atoms with Gasteiger partial charge in [-0.1, -0.05) is 35.9 Å². The second-order valence-electron chi connectivity index (χ2n) is 7.29. The fourth-order valence-electron chi connectivity index (χ4n) is 3.27. The van der Waals surface area contributed by atoms with E-state index in [1.54, 1.807) is 11.0 Å². The van der Waals surface area contributed by atoms with Crippen molar-refractivity contribution < 1.29 is 18.0 Å². The lowest BCUT2D eigenvalue weighted by atomic mass is 10.1. The lowest BCUT2D eigenvalue weighted by Crippen LogP contribution is -2.35. The molecule has 3 rings (SSSR count). The van der Waals surface area contributed by atoms with Crippen LogP contribution in [0.4, 0.5) is 23.7 Å². The summed E-state index contributed by atoms with van der Waals surface area (Å²) >= 11 is 0. The minimum atomic E-state index is -4.42. The van der Waals surface area contributed by atoms with Crippen LogP contribution in [0.3, 0.4) is 0 Å². The molecule has 162 valence electrons. The number of rotatable bonds is 7. The minimum Gasteiger partial charge on any atom is -0.345 e. The molecule has 1 heterocycles. The Kier molecular flexibility index (Phi) is 6.84. The minimum absolute atomic E-state index is 0.294. The Morgan fingerprint density at radius 2 is 1.87 bits per heavy atom. The second-order valence-corrected chi connectivity index (χ2v) is 7.29. The van der Waals surface area contributed by atoms with Gasteiger partial charge in [-0.05, 0) is 48.9 Å². The third-order valence-corrected chi connectivity index (χ3v) is 4.81. The van der Waals surface area contributed by atoms with Crippen LogP contribution in [0.5, 0.6) is 0 Å². The van der Waals surface area contributed by atoms with Gasteiger partial charge < -0.3 is 14.8 Å². The van der Waals surface area contributed by atoms with Gasteiger partial charge in [0.25, 0.3) is 0 Å². The van der Waals surface area contributed by atoms with Crippen LogP contribution < -0.4 is 5.32 Å². The van der Waals surface area contributed by atoms with Gasteiger partial charge in [0.2, 0.25) is 0 Å². The molecule has 2 aromatic carbocycles. The van der Waals surface area contributed by atoms with Crippen molar-refractivity contribution >= 4 is 11.7 Å². The number of halogens is 3. The van der Waals surface area contributed by atoms with Crippen molar-refractivity contribution in [1.82, 2.24) is 9.47 Å². The molecule has 0 atom stereocenters.